The molecule has 0 aliphatic heterocycles. The molecule has 0 bridgehead atoms. The second kappa shape index (κ2) is 14.5. The molecule has 0 aliphatic rings. The Labute approximate surface area is 204 Å². The van der Waals surface area contributed by atoms with E-state index in [1.807, 2.05) is 25.1 Å². The van der Waals surface area contributed by atoms with Crippen molar-refractivity contribution >= 4 is 29.9 Å². The van der Waals surface area contributed by atoms with Crippen LogP contribution >= 0.6 is 24.0 Å². The maximum atomic E-state index is 12.3. The number of alkyl halides is 2. The maximum absolute atomic E-state index is 12.3. The number of guanidine groups is 1. The molecule has 178 valence electrons. The molecule has 0 fully saturated rings. The van der Waals surface area contributed by atoms with Crippen LogP contribution in [0.4, 0.5) is 8.78 Å². The Balaban J connectivity index is 0.00000512. The molecule has 0 heterocycles. The van der Waals surface area contributed by atoms with Crippen molar-refractivity contribution in [2.24, 2.45) is 4.99 Å². The van der Waals surface area contributed by atoms with Gasteiger partial charge in [-0.2, -0.15) is 0 Å². The fraction of sp³-hybridized carbons (Fsp3) is 0.409. The highest BCUT2D eigenvalue weighted by Gasteiger charge is 2.13. The molecule has 32 heavy (non-hydrogen) atoms. The van der Waals surface area contributed by atoms with Crippen molar-refractivity contribution in [3.05, 3.63) is 47.5 Å². The highest BCUT2D eigenvalue weighted by Crippen LogP contribution is 2.38. The molecule has 0 atom stereocenters. The van der Waals surface area contributed by atoms with E-state index in [2.05, 4.69) is 15.6 Å². The van der Waals surface area contributed by atoms with Gasteiger partial charge in [0, 0.05) is 13.1 Å². The summed E-state index contributed by atoms with van der Waals surface area (Å²) < 4.78 is 45.9. The third-order valence-electron chi connectivity index (χ3n) is 4.22. The van der Waals surface area contributed by atoms with Gasteiger partial charge in [-0.25, -0.2) is 13.8 Å². The van der Waals surface area contributed by atoms with E-state index in [9.17, 15) is 8.78 Å². The number of nitrogens with one attached hydrogen (secondary N) is 2. The van der Waals surface area contributed by atoms with Crippen LogP contribution in [-0.2, 0) is 13.1 Å². The molecule has 10 heteroatoms. The highest BCUT2D eigenvalue weighted by atomic mass is 127. The first kappa shape index (κ1) is 27.5. The number of benzene rings is 2. The van der Waals surface area contributed by atoms with Crippen molar-refractivity contribution in [2.45, 2.75) is 26.4 Å². The monoisotopic (exact) mass is 565 g/mol. The molecule has 0 amide bonds. The van der Waals surface area contributed by atoms with E-state index in [4.69, 9.17) is 18.9 Å². The van der Waals surface area contributed by atoms with Gasteiger partial charge in [0.25, 0.3) is 6.43 Å². The van der Waals surface area contributed by atoms with Crippen LogP contribution in [0.2, 0.25) is 0 Å². The summed E-state index contributed by atoms with van der Waals surface area (Å²) in [4.78, 5) is 4.60. The van der Waals surface area contributed by atoms with Gasteiger partial charge in [0.15, 0.2) is 17.5 Å². The SMILES string of the molecule is CCNC(=NCc1cc(OC)c(OC)c(OC)c1)NCc1cccc(OCC(F)F)c1.I. The average Bonchev–Trinajstić information content (AvgIpc) is 2.78. The first-order chi connectivity index (χ1) is 15.0. The summed E-state index contributed by atoms with van der Waals surface area (Å²) in [5, 5.41) is 6.41. The number of hydrogen-bond acceptors (Lipinski definition) is 5. The smallest absolute Gasteiger partial charge is 0.272 e. The molecule has 2 rings (SSSR count). The van der Waals surface area contributed by atoms with E-state index >= 15 is 0 Å². The number of halogens is 3. The van der Waals surface area contributed by atoms with E-state index in [0.29, 0.717) is 48.6 Å². The van der Waals surface area contributed by atoms with Gasteiger partial charge in [-0.1, -0.05) is 12.1 Å². The molecule has 0 saturated heterocycles. The van der Waals surface area contributed by atoms with Gasteiger partial charge < -0.3 is 29.6 Å². The molecule has 0 radical (unpaired) electrons. The highest BCUT2D eigenvalue weighted by molar-refractivity contribution is 14.0. The fourth-order valence-electron chi connectivity index (χ4n) is 2.83. The van der Waals surface area contributed by atoms with Crippen molar-refractivity contribution in [1.82, 2.24) is 10.6 Å². The van der Waals surface area contributed by atoms with Crippen molar-refractivity contribution in [3.63, 3.8) is 0 Å². The third-order valence-corrected chi connectivity index (χ3v) is 4.22. The molecular weight excluding hydrogens is 535 g/mol. The summed E-state index contributed by atoms with van der Waals surface area (Å²) in [6.45, 7) is 2.85. The Bertz CT molecular complexity index is 844. The second-order valence-corrected chi connectivity index (χ2v) is 6.43. The van der Waals surface area contributed by atoms with Crippen LogP contribution in [0.1, 0.15) is 18.1 Å². The van der Waals surface area contributed by atoms with Gasteiger partial charge in [0.1, 0.15) is 12.4 Å². The third kappa shape index (κ3) is 8.56. The summed E-state index contributed by atoms with van der Waals surface area (Å²) in [6.07, 6.45) is -2.51. The lowest BCUT2D eigenvalue weighted by atomic mass is 10.2. The Hall–Kier alpha value is -2.50. The van der Waals surface area contributed by atoms with Crippen LogP contribution in [0.15, 0.2) is 41.4 Å². The minimum atomic E-state index is -2.51. The number of hydrogen-bond donors (Lipinski definition) is 2. The number of methoxy groups -OCH3 is 3. The molecule has 2 aromatic rings. The largest absolute Gasteiger partial charge is 0.493 e. The summed E-state index contributed by atoms with van der Waals surface area (Å²) in [7, 11) is 4.68. The van der Waals surface area contributed by atoms with Crippen LogP contribution in [0.25, 0.3) is 0 Å². The van der Waals surface area contributed by atoms with E-state index < -0.39 is 13.0 Å². The lowest BCUT2D eigenvalue weighted by Crippen LogP contribution is -2.36. The molecule has 2 N–H and O–H groups in total. The fourth-order valence-corrected chi connectivity index (χ4v) is 2.83. The topological polar surface area (TPSA) is 73.3 Å². The Morgan fingerprint density at radius 3 is 2.22 bits per heavy atom. The number of rotatable bonds is 11. The lowest BCUT2D eigenvalue weighted by Gasteiger charge is -2.15. The zero-order valence-corrected chi connectivity index (χ0v) is 20.9. The molecule has 0 aliphatic carbocycles. The molecule has 0 spiro atoms. The summed E-state index contributed by atoms with van der Waals surface area (Å²) >= 11 is 0. The second-order valence-electron chi connectivity index (χ2n) is 6.43. The number of nitrogens with zero attached hydrogens (tertiary/aromatic N) is 1. The first-order valence-corrected chi connectivity index (χ1v) is 9.81. The van der Waals surface area contributed by atoms with Crippen LogP contribution in [0.3, 0.4) is 0 Å². The van der Waals surface area contributed by atoms with E-state index in [1.54, 1.807) is 39.5 Å². The van der Waals surface area contributed by atoms with E-state index in [1.165, 1.54) is 0 Å². The number of aliphatic imine (C=N–C) groups is 1. The van der Waals surface area contributed by atoms with Crippen molar-refractivity contribution in [1.29, 1.82) is 0 Å². The quantitative estimate of drug-likeness (QED) is 0.242. The van der Waals surface area contributed by atoms with Gasteiger partial charge in [0.05, 0.1) is 27.9 Å². The summed E-state index contributed by atoms with van der Waals surface area (Å²) in [6, 6.07) is 10.7. The normalized spacial score (nSPS) is 10.9. The van der Waals surface area contributed by atoms with Crippen LogP contribution in [0, 0.1) is 0 Å². The predicted octanol–water partition coefficient (Wildman–Crippen LogP) is 4.23. The van der Waals surface area contributed by atoms with Gasteiger partial charge in [-0.15, -0.1) is 24.0 Å². The first-order valence-electron chi connectivity index (χ1n) is 9.81. The van der Waals surface area contributed by atoms with Gasteiger partial charge in [-0.3, -0.25) is 0 Å². The summed E-state index contributed by atoms with van der Waals surface area (Å²) in [5.74, 6) is 2.65. The molecular formula is C22H30F2IN3O4. The van der Waals surface area contributed by atoms with Gasteiger partial charge >= 0.3 is 0 Å². The van der Waals surface area contributed by atoms with Gasteiger partial charge in [0.2, 0.25) is 5.75 Å². The van der Waals surface area contributed by atoms with Crippen LogP contribution < -0.4 is 29.6 Å². The predicted molar refractivity (Wildman–Crippen MR) is 131 cm³/mol. The van der Waals surface area contributed by atoms with Crippen LogP contribution in [-0.4, -0.2) is 46.9 Å². The van der Waals surface area contributed by atoms with Crippen LogP contribution in [0.5, 0.6) is 23.0 Å². The van der Waals surface area contributed by atoms with E-state index in [-0.39, 0.29) is 24.0 Å². The molecule has 0 unspecified atom stereocenters. The Morgan fingerprint density at radius 2 is 1.66 bits per heavy atom. The Morgan fingerprint density at radius 1 is 0.969 bits per heavy atom. The average molecular weight is 565 g/mol. The maximum Gasteiger partial charge on any atom is 0.272 e. The zero-order valence-electron chi connectivity index (χ0n) is 18.6. The molecule has 7 nitrogen and oxygen atoms in total. The minimum absolute atomic E-state index is 0. The van der Waals surface area contributed by atoms with Crippen molar-refractivity contribution in [3.8, 4) is 23.0 Å². The minimum Gasteiger partial charge on any atom is -0.493 e. The zero-order chi connectivity index (χ0) is 22.6. The summed E-state index contributed by atoms with van der Waals surface area (Å²) in [5.41, 5.74) is 1.76. The van der Waals surface area contributed by atoms with Crippen molar-refractivity contribution < 1.29 is 27.7 Å². The lowest BCUT2D eigenvalue weighted by molar-refractivity contribution is 0.0818. The molecule has 0 saturated carbocycles. The molecule has 0 aromatic heterocycles. The van der Waals surface area contributed by atoms with E-state index in [0.717, 1.165) is 11.1 Å². The Kier molecular flexibility index (Phi) is 12.5. The molecule has 2 aromatic carbocycles. The standard InChI is InChI=1S/C22H29F2N3O4.HI/c1-5-25-22(26-12-15-7-6-8-17(9-15)31-14-20(23)24)27-13-16-10-18(28-2)21(30-4)19(11-16)29-3;/h6-11,20H,5,12-14H2,1-4H3,(H2,25,26,27);1H. The van der Waals surface area contributed by atoms with Gasteiger partial charge in [-0.05, 0) is 42.3 Å². The van der Waals surface area contributed by atoms with Crippen molar-refractivity contribution in [2.75, 3.05) is 34.5 Å². The number of ether oxygens (including phenoxy) is 4.